The molecule has 2 rings (SSSR count). The molecule has 0 aliphatic carbocycles. The monoisotopic (exact) mass is 253 g/mol. The average Bonchev–Trinajstić information content (AvgIpc) is 2.26. The first-order valence-electron chi connectivity index (χ1n) is 4.87. The van der Waals surface area contributed by atoms with Crippen molar-refractivity contribution in [3.63, 3.8) is 0 Å². The second kappa shape index (κ2) is 4.30. The first-order chi connectivity index (χ1) is 8.02. The zero-order chi connectivity index (χ0) is 12.6. The molecular weight excluding hydrogens is 245 g/mol. The number of rotatable bonds is 1. The van der Waals surface area contributed by atoms with Gasteiger partial charge in [-0.3, -0.25) is 0 Å². The smallest absolute Gasteiger partial charge is 0.356 e. The van der Waals surface area contributed by atoms with Crippen molar-refractivity contribution in [1.29, 1.82) is 0 Å². The number of pyridine rings is 1. The van der Waals surface area contributed by atoms with E-state index in [4.69, 9.17) is 11.6 Å². The Kier molecular flexibility index (Phi) is 2.98. The van der Waals surface area contributed by atoms with Gasteiger partial charge in [-0.05, 0) is 24.6 Å². The maximum absolute atomic E-state index is 13.2. The fourth-order valence-corrected chi connectivity index (χ4v) is 2.04. The molecule has 0 unspecified atom stereocenters. The summed E-state index contributed by atoms with van der Waals surface area (Å²) in [5.41, 5.74) is 1.08. The zero-order valence-electron chi connectivity index (χ0n) is 9.25. The zero-order valence-corrected chi connectivity index (χ0v) is 10.0. The van der Waals surface area contributed by atoms with Gasteiger partial charge in [0.15, 0.2) is 5.69 Å². The number of esters is 1. The van der Waals surface area contributed by atoms with Gasteiger partial charge in [-0.15, -0.1) is 0 Å². The Morgan fingerprint density at radius 1 is 1.41 bits per heavy atom. The van der Waals surface area contributed by atoms with E-state index in [1.165, 1.54) is 25.3 Å². The summed E-state index contributed by atoms with van der Waals surface area (Å²) in [4.78, 5) is 15.4. The van der Waals surface area contributed by atoms with Crippen LogP contribution in [0.15, 0.2) is 18.2 Å². The van der Waals surface area contributed by atoms with Crippen molar-refractivity contribution in [3.8, 4) is 0 Å². The number of ether oxygens (including phenoxy) is 1. The van der Waals surface area contributed by atoms with E-state index in [2.05, 4.69) is 9.72 Å². The van der Waals surface area contributed by atoms with Crippen molar-refractivity contribution in [1.82, 2.24) is 4.98 Å². The molecule has 17 heavy (non-hydrogen) atoms. The van der Waals surface area contributed by atoms with E-state index >= 15 is 0 Å². The molecule has 2 aromatic rings. The van der Waals surface area contributed by atoms with Crippen molar-refractivity contribution in [2.45, 2.75) is 6.92 Å². The Labute approximate surface area is 102 Å². The molecule has 0 radical (unpaired) electrons. The summed E-state index contributed by atoms with van der Waals surface area (Å²) < 4.78 is 17.8. The molecule has 88 valence electrons. The molecule has 0 N–H and O–H groups in total. The summed E-state index contributed by atoms with van der Waals surface area (Å²) in [6.07, 6.45) is 0. The highest BCUT2D eigenvalue weighted by Crippen LogP contribution is 2.27. The molecule has 3 nitrogen and oxygen atoms in total. The topological polar surface area (TPSA) is 39.2 Å². The van der Waals surface area contributed by atoms with Crippen LogP contribution in [-0.2, 0) is 4.74 Å². The lowest BCUT2D eigenvalue weighted by Gasteiger charge is -2.06. The third kappa shape index (κ3) is 2.08. The SMILES string of the molecule is COC(=O)c1cc(Cl)c2c(C)cc(F)cc2n1. The van der Waals surface area contributed by atoms with Crippen LogP contribution in [0.1, 0.15) is 16.1 Å². The fourth-order valence-electron chi connectivity index (χ4n) is 1.69. The summed E-state index contributed by atoms with van der Waals surface area (Å²) >= 11 is 6.05. The Bertz CT molecular complexity index is 613. The van der Waals surface area contributed by atoms with Crippen LogP contribution < -0.4 is 0 Å². The molecule has 0 atom stereocenters. The van der Waals surface area contributed by atoms with E-state index in [1.807, 2.05) is 0 Å². The highest BCUT2D eigenvalue weighted by atomic mass is 35.5. The van der Waals surface area contributed by atoms with Crippen molar-refractivity contribution >= 4 is 28.5 Å². The molecule has 0 aliphatic heterocycles. The number of aryl methyl sites for hydroxylation is 1. The van der Waals surface area contributed by atoms with Crippen LogP contribution in [0.3, 0.4) is 0 Å². The minimum Gasteiger partial charge on any atom is -0.464 e. The van der Waals surface area contributed by atoms with Gasteiger partial charge >= 0.3 is 5.97 Å². The lowest BCUT2D eigenvalue weighted by molar-refractivity contribution is 0.0594. The first-order valence-corrected chi connectivity index (χ1v) is 5.25. The summed E-state index contributed by atoms with van der Waals surface area (Å²) in [5.74, 6) is -1.02. The Hall–Kier alpha value is -1.68. The first kappa shape index (κ1) is 11.8. The number of hydrogen-bond donors (Lipinski definition) is 0. The van der Waals surface area contributed by atoms with Crippen LogP contribution in [0.25, 0.3) is 10.9 Å². The molecule has 1 aromatic carbocycles. The van der Waals surface area contributed by atoms with Crippen LogP contribution in [0.5, 0.6) is 0 Å². The van der Waals surface area contributed by atoms with Gasteiger partial charge in [-0.2, -0.15) is 0 Å². The van der Waals surface area contributed by atoms with Crippen LogP contribution in [0.2, 0.25) is 5.02 Å². The third-order valence-corrected chi connectivity index (χ3v) is 2.72. The van der Waals surface area contributed by atoms with Gasteiger partial charge in [0.05, 0.1) is 17.6 Å². The Morgan fingerprint density at radius 2 is 2.12 bits per heavy atom. The lowest BCUT2D eigenvalue weighted by Crippen LogP contribution is -2.04. The van der Waals surface area contributed by atoms with E-state index in [1.54, 1.807) is 6.92 Å². The van der Waals surface area contributed by atoms with Crippen molar-refractivity contribution in [2.24, 2.45) is 0 Å². The number of carbonyl (C=O) groups excluding carboxylic acids is 1. The summed E-state index contributed by atoms with van der Waals surface area (Å²) in [7, 11) is 1.25. The van der Waals surface area contributed by atoms with Gasteiger partial charge in [0.1, 0.15) is 5.82 Å². The second-order valence-corrected chi connectivity index (χ2v) is 4.00. The number of fused-ring (bicyclic) bond motifs is 1. The number of benzene rings is 1. The second-order valence-electron chi connectivity index (χ2n) is 3.60. The van der Waals surface area contributed by atoms with Crippen molar-refractivity contribution < 1.29 is 13.9 Å². The van der Waals surface area contributed by atoms with Crippen LogP contribution in [-0.4, -0.2) is 18.1 Å². The predicted octanol–water partition coefficient (Wildman–Crippen LogP) is 3.12. The lowest BCUT2D eigenvalue weighted by atomic mass is 10.1. The number of hydrogen-bond acceptors (Lipinski definition) is 3. The van der Waals surface area contributed by atoms with Crippen LogP contribution >= 0.6 is 11.6 Å². The van der Waals surface area contributed by atoms with E-state index in [-0.39, 0.29) is 5.69 Å². The van der Waals surface area contributed by atoms with Gasteiger partial charge in [-0.1, -0.05) is 11.6 Å². The molecule has 0 fully saturated rings. The molecule has 5 heteroatoms. The van der Waals surface area contributed by atoms with E-state index in [0.717, 1.165) is 0 Å². The molecular formula is C12H9ClFNO2. The number of halogens is 2. The normalized spacial score (nSPS) is 10.6. The molecule has 0 amide bonds. The van der Waals surface area contributed by atoms with Gasteiger partial charge in [0.25, 0.3) is 0 Å². The van der Waals surface area contributed by atoms with Crippen molar-refractivity contribution in [3.05, 3.63) is 40.3 Å². The molecule has 1 aromatic heterocycles. The number of methoxy groups -OCH3 is 1. The minimum atomic E-state index is -0.601. The fraction of sp³-hybridized carbons (Fsp3) is 0.167. The van der Waals surface area contributed by atoms with Gasteiger partial charge in [0, 0.05) is 11.5 Å². The van der Waals surface area contributed by atoms with E-state index in [9.17, 15) is 9.18 Å². The maximum atomic E-state index is 13.2. The van der Waals surface area contributed by atoms with E-state index < -0.39 is 11.8 Å². The van der Waals surface area contributed by atoms with Gasteiger partial charge in [0.2, 0.25) is 0 Å². The highest BCUT2D eigenvalue weighted by Gasteiger charge is 2.13. The quantitative estimate of drug-likeness (QED) is 0.733. The molecule has 0 spiro atoms. The number of nitrogens with zero attached hydrogens (tertiary/aromatic N) is 1. The van der Waals surface area contributed by atoms with Crippen LogP contribution in [0, 0.1) is 12.7 Å². The molecule has 0 bridgehead atoms. The molecule has 0 saturated heterocycles. The highest BCUT2D eigenvalue weighted by molar-refractivity contribution is 6.36. The summed E-state index contributed by atoms with van der Waals surface area (Å²) in [5, 5.41) is 0.994. The predicted molar refractivity (Wildman–Crippen MR) is 62.8 cm³/mol. The summed E-state index contributed by atoms with van der Waals surface area (Å²) in [6, 6.07) is 4.02. The Balaban J connectivity index is 2.77. The standard InChI is InChI=1S/C12H9ClFNO2/c1-6-3-7(14)4-9-11(6)8(13)5-10(15-9)12(16)17-2/h3-5H,1-2H3. The Morgan fingerprint density at radius 3 is 2.76 bits per heavy atom. The minimum absolute atomic E-state index is 0.0648. The largest absolute Gasteiger partial charge is 0.464 e. The van der Waals surface area contributed by atoms with E-state index in [0.29, 0.717) is 21.5 Å². The average molecular weight is 254 g/mol. The van der Waals surface area contributed by atoms with Gasteiger partial charge < -0.3 is 4.74 Å². The van der Waals surface area contributed by atoms with Crippen LogP contribution in [0.4, 0.5) is 4.39 Å². The number of carbonyl (C=O) groups is 1. The third-order valence-electron chi connectivity index (χ3n) is 2.42. The summed E-state index contributed by atoms with van der Waals surface area (Å²) in [6.45, 7) is 1.73. The number of aromatic nitrogens is 1. The molecule has 0 saturated carbocycles. The molecule has 1 heterocycles. The van der Waals surface area contributed by atoms with Crippen molar-refractivity contribution in [2.75, 3.05) is 7.11 Å². The van der Waals surface area contributed by atoms with Gasteiger partial charge in [-0.25, -0.2) is 14.2 Å². The molecule has 0 aliphatic rings. The maximum Gasteiger partial charge on any atom is 0.356 e.